The Balaban J connectivity index is 2.26. The number of nitrogens with zero attached hydrogens (tertiary/aromatic N) is 1. The minimum Gasteiger partial charge on any atom is -0.355 e. The van der Waals surface area contributed by atoms with Crippen LogP contribution in [0.1, 0.15) is 12.8 Å². The molecule has 1 saturated heterocycles. The lowest BCUT2D eigenvalue weighted by molar-refractivity contribution is -0.121. The van der Waals surface area contributed by atoms with E-state index in [1.54, 1.807) is 0 Å². The predicted octanol–water partition coefficient (Wildman–Crippen LogP) is -0.843. The molecule has 1 amide bonds. The number of carbonyl (C=O) groups excluding carboxylic acids is 1. The molecule has 12 heavy (non-hydrogen) atoms. The zero-order valence-corrected chi connectivity index (χ0v) is 7.38. The smallest absolute Gasteiger partial charge is 0.234 e. The minimum absolute atomic E-state index is 0.143. The largest absolute Gasteiger partial charge is 0.355 e. The molecule has 0 radical (unpaired) electrons. The third-order valence-electron chi connectivity index (χ3n) is 2.02. The van der Waals surface area contributed by atoms with Crippen LogP contribution in [-0.2, 0) is 4.79 Å². The van der Waals surface area contributed by atoms with Crippen LogP contribution in [0.15, 0.2) is 0 Å². The van der Waals surface area contributed by atoms with Crippen LogP contribution >= 0.6 is 0 Å². The van der Waals surface area contributed by atoms with Gasteiger partial charge in [-0.15, -0.1) is 0 Å². The minimum atomic E-state index is 0.143. The van der Waals surface area contributed by atoms with Gasteiger partial charge in [0, 0.05) is 13.1 Å². The van der Waals surface area contributed by atoms with Crippen molar-refractivity contribution < 1.29 is 4.79 Å². The number of carbonyl (C=O) groups is 1. The fraction of sp³-hybridized carbons (Fsp3) is 0.875. The summed E-state index contributed by atoms with van der Waals surface area (Å²) in [6.07, 6.45) is 2.03. The molecule has 70 valence electrons. The molecule has 0 spiro atoms. The van der Waals surface area contributed by atoms with Crippen LogP contribution in [0, 0.1) is 0 Å². The highest BCUT2D eigenvalue weighted by atomic mass is 16.2. The van der Waals surface area contributed by atoms with Gasteiger partial charge in [0.25, 0.3) is 0 Å². The monoisotopic (exact) mass is 171 g/mol. The molecule has 0 aromatic heterocycles. The Morgan fingerprint density at radius 3 is 3.17 bits per heavy atom. The van der Waals surface area contributed by atoms with Crippen molar-refractivity contribution in [2.75, 3.05) is 32.7 Å². The first-order valence-corrected chi connectivity index (χ1v) is 4.52. The van der Waals surface area contributed by atoms with Gasteiger partial charge in [0.05, 0.1) is 6.54 Å². The molecule has 4 nitrogen and oxygen atoms in total. The molecule has 1 heterocycles. The molecule has 1 fully saturated rings. The van der Waals surface area contributed by atoms with Crippen molar-refractivity contribution in [3.8, 4) is 0 Å². The van der Waals surface area contributed by atoms with Crippen molar-refractivity contribution in [3.63, 3.8) is 0 Å². The average molecular weight is 171 g/mol. The topological polar surface area (TPSA) is 58.4 Å². The molecule has 0 aromatic carbocycles. The second kappa shape index (κ2) is 5.11. The van der Waals surface area contributed by atoms with Crippen LogP contribution in [0.25, 0.3) is 0 Å². The van der Waals surface area contributed by atoms with Crippen molar-refractivity contribution in [1.82, 2.24) is 10.2 Å². The van der Waals surface area contributed by atoms with E-state index >= 15 is 0 Å². The van der Waals surface area contributed by atoms with Crippen LogP contribution in [0.3, 0.4) is 0 Å². The van der Waals surface area contributed by atoms with E-state index in [1.807, 2.05) is 0 Å². The quantitative estimate of drug-likeness (QED) is 0.582. The maximum Gasteiger partial charge on any atom is 0.234 e. The molecule has 0 bridgehead atoms. The first-order chi connectivity index (χ1) is 5.83. The molecule has 1 rings (SSSR count). The molecule has 4 heteroatoms. The lowest BCUT2D eigenvalue weighted by atomic mass is 10.3. The standard InChI is InChI=1S/C8H17N3O/c9-3-1-5-11-6-2-4-10-8(12)7-11/h1-7,9H2,(H,10,12). The molecule has 0 unspecified atom stereocenters. The lowest BCUT2D eigenvalue weighted by Crippen LogP contribution is -2.34. The molecular formula is C8H17N3O. The first-order valence-electron chi connectivity index (χ1n) is 4.52. The third kappa shape index (κ3) is 3.19. The third-order valence-corrected chi connectivity index (χ3v) is 2.02. The van der Waals surface area contributed by atoms with Crippen molar-refractivity contribution in [2.45, 2.75) is 12.8 Å². The molecular weight excluding hydrogens is 154 g/mol. The summed E-state index contributed by atoms with van der Waals surface area (Å²) >= 11 is 0. The van der Waals surface area contributed by atoms with E-state index in [0.717, 1.165) is 32.5 Å². The van der Waals surface area contributed by atoms with Crippen LogP contribution in [0.5, 0.6) is 0 Å². The second-order valence-electron chi connectivity index (χ2n) is 3.12. The number of hydrogen-bond donors (Lipinski definition) is 2. The first kappa shape index (κ1) is 9.48. The van der Waals surface area contributed by atoms with E-state index in [1.165, 1.54) is 0 Å². The fourth-order valence-corrected chi connectivity index (χ4v) is 1.37. The van der Waals surface area contributed by atoms with E-state index in [0.29, 0.717) is 13.1 Å². The Morgan fingerprint density at radius 2 is 2.42 bits per heavy atom. The van der Waals surface area contributed by atoms with Gasteiger partial charge >= 0.3 is 0 Å². The highest BCUT2D eigenvalue weighted by molar-refractivity contribution is 5.78. The van der Waals surface area contributed by atoms with Crippen molar-refractivity contribution in [1.29, 1.82) is 0 Å². The van der Waals surface area contributed by atoms with E-state index < -0.39 is 0 Å². The summed E-state index contributed by atoms with van der Waals surface area (Å²) in [6, 6.07) is 0. The van der Waals surface area contributed by atoms with Crippen LogP contribution < -0.4 is 11.1 Å². The summed E-state index contributed by atoms with van der Waals surface area (Å²) < 4.78 is 0. The maximum absolute atomic E-state index is 11.1. The van der Waals surface area contributed by atoms with Crippen LogP contribution in [0.4, 0.5) is 0 Å². The van der Waals surface area contributed by atoms with Gasteiger partial charge < -0.3 is 11.1 Å². The van der Waals surface area contributed by atoms with E-state index in [9.17, 15) is 4.79 Å². The predicted molar refractivity (Wildman–Crippen MR) is 47.7 cm³/mol. The zero-order chi connectivity index (χ0) is 8.81. The van der Waals surface area contributed by atoms with Gasteiger partial charge in [0.15, 0.2) is 0 Å². The molecule has 1 aliphatic heterocycles. The highest BCUT2D eigenvalue weighted by Crippen LogP contribution is 1.96. The normalized spacial score (nSPS) is 20.2. The van der Waals surface area contributed by atoms with Crippen molar-refractivity contribution in [3.05, 3.63) is 0 Å². The van der Waals surface area contributed by atoms with Gasteiger partial charge in [-0.1, -0.05) is 0 Å². The fourth-order valence-electron chi connectivity index (χ4n) is 1.37. The van der Waals surface area contributed by atoms with Crippen molar-refractivity contribution in [2.24, 2.45) is 5.73 Å². The van der Waals surface area contributed by atoms with Gasteiger partial charge in [-0.05, 0) is 25.9 Å². The molecule has 3 N–H and O–H groups in total. The molecule has 0 saturated carbocycles. The Hall–Kier alpha value is -0.610. The Labute approximate surface area is 73.1 Å². The van der Waals surface area contributed by atoms with Crippen molar-refractivity contribution >= 4 is 5.91 Å². The Morgan fingerprint density at radius 1 is 1.58 bits per heavy atom. The number of nitrogens with one attached hydrogen (secondary N) is 1. The summed E-state index contributed by atoms with van der Waals surface area (Å²) in [7, 11) is 0. The number of nitrogens with two attached hydrogens (primary N) is 1. The van der Waals surface area contributed by atoms with Crippen LogP contribution in [-0.4, -0.2) is 43.5 Å². The van der Waals surface area contributed by atoms with E-state index in [-0.39, 0.29) is 5.91 Å². The molecule has 0 aliphatic carbocycles. The summed E-state index contributed by atoms with van der Waals surface area (Å²) in [4.78, 5) is 13.2. The van der Waals surface area contributed by atoms with Gasteiger partial charge in [-0.25, -0.2) is 0 Å². The summed E-state index contributed by atoms with van der Waals surface area (Å²) in [5.41, 5.74) is 5.39. The molecule has 0 aromatic rings. The Bertz CT molecular complexity index is 149. The molecule has 0 atom stereocenters. The summed E-state index contributed by atoms with van der Waals surface area (Å²) in [5.74, 6) is 0.143. The van der Waals surface area contributed by atoms with Crippen LogP contribution in [0.2, 0.25) is 0 Å². The Kier molecular flexibility index (Phi) is 4.04. The molecule has 1 aliphatic rings. The van der Waals surface area contributed by atoms with Gasteiger partial charge in [0.2, 0.25) is 5.91 Å². The van der Waals surface area contributed by atoms with Gasteiger partial charge in [0.1, 0.15) is 0 Å². The van der Waals surface area contributed by atoms with E-state index in [4.69, 9.17) is 5.73 Å². The van der Waals surface area contributed by atoms with Gasteiger partial charge in [-0.2, -0.15) is 0 Å². The second-order valence-corrected chi connectivity index (χ2v) is 3.12. The van der Waals surface area contributed by atoms with Gasteiger partial charge in [-0.3, -0.25) is 9.69 Å². The highest BCUT2D eigenvalue weighted by Gasteiger charge is 2.12. The van der Waals surface area contributed by atoms with E-state index in [2.05, 4.69) is 10.2 Å². The number of hydrogen-bond acceptors (Lipinski definition) is 3. The average Bonchev–Trinajstić information content (AvgIpc) is 2.26. The number of amides is 1. The SMILES string of the molecule is NCCCN1CCCNC(=O)C1. The lowest BCUT2D eigenvalue weighted by Gasteiger charge is -2.17. The maximum atomic E-state index is 11.1. The number of rotatable bonds is 3. The zero-order valence-electron chi connectivity index (χ0n) is 7.38. The summed E-state index contributed by atoms with van der Waals surface area (Å²) in [6.45, 7) is 4.03. The summed E-state index contributed by atoms with van der Waals surface area (Å²) in [5, 5.41) is 2.84.